The molecule has 0 saturated carbocycles. The van der Waals surface area contributed by atoms with E-state index in [2.05, 4.69) is 22.5 Å². The third kappa shape index (κ3) is 2.79. The molecule has 1 fully saturated rings. The molecule has 3 heterocycles. The number of hydrogen-bond donors (Lipinski definition) is 2. The highest BCUT2D eigenvalue weighted by Gasteiger charge is 2.22. The lowest BCUT2D eigenvalue weighted by Gasteiger charge is -2.28. The molecule has 1 aromatic heterocycles. The molecule has 1 saturated heterocycles. The van der Waals surface area contributed by atoms with E-state index in [4.69, 9.17) is 9.97 Å². The fraction of sp³-hybridized carbons (Fsp3) is 0.692. The van der Waals surface area contributed by atoms with E-state index in [0.29, 0.717) is 0 Å². The summed E-state index contributed by atoms with van der Waals surface area (Å²) in [5.41, 5.74) is 1.23. The van der Waals surface area contributed by atoms with Crippen LogP contribution in [0.25, 0.3) is 0 Å². The Morgan fingerprint density at radius 3 is 2.95 bits per heavy atom. The lowest BCUT2D eigenvalue weighted by atomic mass is 10.3. The number of nitrogens with one attached hydrogen (secondary N) is 2. The van der Waals surface area contributed by atoms with Gasteiger partial charge >= 0.3 is 0 Å². The molecule has 0 radical (unpaired) electrons. The van der Waals surface area contributed by atoms with Gasteiger partial charge in [0.15, 0.2) is 0 Å². The summed E-state index contributed by atoms with van der Waals surface area (Å²) < 4.78 is 0. The first kappa shape index (κ1) is 13.0. The smallest absolute Gasteiger partial charge is 0.227 e. The summed E-state index contributed by atoms with van der Waals surface area (Å²) in [6.45, 7) is 7.20. The molecule has 104 valence electrons. The van der Waals surface area contributed by atoms with Crippen LogP contribution in [0, 0.1) is 0 Å². The van der Waals surface area contributed by atoms with Crippen LogP contribution in [-0.4, -0.2) is 48.4 Å². The average Bonchev–Trinajstić information content (AvgIpc) is 2.94. The molecule has 3 rings (SSSR count). The molecular weight excluding hydrogens is 258 g/mol. The number of rotatable bonds is 4. The van der Waals surface area contributed by atoms with Crippen LogP contribution in [0.3, 0.4) is 0 Å². The van der Waals surface area contributed by atoms with Crippen molar-refractivity contribution in [3.8, 4) is 0 Å². The maximum Gasteiger partial charge on any atom is 0.227 e. The van der Waals surface area contributed by atoms with Crippen LogP contribution in [0.1, 0.15) is 19.0 Å². The highest BCUT2D eigenvalue weighted by atomic mass is 32.2. The predicted octanol–water partition coefficient (Wildman–Crippen LogP) is 1.36. The molecule has 2 aliphatic rings. The molecule has 2 N–H and O–H groups in total. The molecule has 0 spiro atoms. The summed E-state index contributed by atoms with van der Waals surface area (Å²) in [4.78, 5) is 13.1. The summed E-state index contributed by atoms with van der Waals surface area (Å²) in [7, 11) is 0. The molecule has 19 heavy (non-hydrogen) atoms. The number of nitrogens with zero attached hydrogens (tertiary/aromatic N) is 3. The van der Waals surface area contributed by atoms with Gasteiger partial charge in [-0.2, -0.15) is 4.98 Å². The number of aryl methyl sites for hydroxylation is 1. The Balaban J connectivity index is 1.87. The Kier molecular flexibility index (Phi) is 4.08. The number of hydrogen-bond acceptors (Lipinski definition) is 6. The SMILES string of the molecule is CCCNc1nc(N2CCNCC2)nc2c1SCC2. The van der Waals surface area contributed by atoms with Crippen molar-refractivity contribution >= 4 is 23.5 Å². The number of piperazine rings is 1. The Hall–Kier alpha value is -1.01. The number of aromatic nitrogens is 2. The first-order valence-electron chi connectivity index (χ1n) is 7.11. The van der Waals surface area contributed by atoms with Gasteiger partial charge in [-0.3, -0.25) is 0 Å². The maximum absolute atomic E-state index is 4.77. The second-order valence-electron chi connectivity index (χ2n) is 4.91. The van der Waals surface area contributed by atoms with Gasteiger partial charge in [0.1, 0.15) is 5.82 Å². The molecule has 0 aliphatic carbocycles. The first-order valence-corrected chi connectivity index (χ1v) is 8.10. The standard InChI is InChI=1S/C13H21N5S/c1-2-4-15-12-11-10(3-9-19-11)16-13(17-12)18-7-5-14-6-8-18/h14H,2-9H2,1H3,(H,15,16,17). The van der Waals surface area contributed by atoms with Crippen molar-refractivity contribution in [2.24, 2.45) is 0 Å². The zero-order valence-corrected chi connectivity index (χ0v) is 12.2. The fourth-order valence-corrected chi connectivity index (χ4v) is 3.49. The van der Waals surface area contributed by atoms with Crippen molar-refractivity contribution in [3.63, 3.8) is 0 Å². The van der Waals surface area contributed by atoms with Gasteiger partial charge in [0.05, 0.1) is 10.6 Å². The minimum absolute atomic E-state index is 0.904. The molecule has 0 atom stereocenters. The zero-order valence-electron chi connectivity index (χ0n) is 11.4. The third-order valence-electron chi connectivity index (χ3n) is 3.45. The molecule has 6 heteroatoms. The predicted molar refractivity (Wildman–Crippen MR) is 80.3 cm³/mol. The van der Waals surface area contributed by atoms with Crippen molar-refractivity contribution in [1.29, 1.82) is 0 Å². The van der Waals surface area contributed by atoms with E-state index in [1.165, 1.54) is 10.6 Å². The van der Waals surface area contributed by atoms with Gasteiger partial charge in [0.2, 0.25) is 5.95 Å². The zero-order chi connectivity index (χ0) is 13.1. The second kappa shape index (κ2) is 5.96. The topological polar surface area (TPSA) is 53.1 Å². The quantitative estimate of drug-likeness (QED) is 0.868. The van der Waals surface area contributed by atoms with E-state index in [-0.39, 0.29) is 0 Å². The van der Waals surface area contributed by atoms with Gasteiger partial charge in [0.25, 0.3) is 0 Å². The van der Waals surface area contributed by atoms with Crippen molar-refractivity contribution in [2.75, 3.05) is 48.7 Å². The van der Waals surface area contributed by atoms with Gasteiger partial charge in [-0.15, -0.1) is 11.8 Å². The summed E-state index contributed by atoms with van der Waals surface area (Å²) in [6.07, 6.45) is 2.19. The third-order valence-corrected chi connectivity index (χ3v) is 4.58. The Morgan fingerprint density at radius 2 is 2.16 bits per heavy atom. The maximum atomic E-state index is 4.77. The number of fused-ring (bicyclic) bond motifs is 1. The van der Waals surface area contributed by atoms with Crippen molar-refractivity contribution in [1.82, 2.24) is 15.3 Å². The van der Waals surface area contributed by atoms with Crippen LogP contribution >= 0.6 is 11.8 Å². The largest absolute Gasteiger partial charge is 0.369 e. The minimum Gasteiger partial charge on any atom is -0.369 e. The molecule has 0 amide bonds. The molecule has 1 aromatic rings. The summed E-state index contributed by atoms with van der Waals surface area (Å²) in [6, 6.07) is 0. The van der Waals surface area contributed by atoms with E-state index in [1.807, 2.05) is 11.8 Å². The molecule has 5 nitrogen and oxygen atoms in total. The van der Waals surface area contributed by atoms with Crippen molar-refractivity contribution < 1.29 is 0 Å². The molecule has 0 unspecified atom stereocenters. The van der Waals surface area contributed by atoms with E-state index in [9.17, 15) is 0 Å². The number of anilines is 2. The van der Waals surface area contributed by atoms with Crippen LogP contribution in [0.15, 0.2) is 4.90 Å². The first-order chi connectivity index (χ1) is 9.38. The van der Waals surface area contributed by atoms with E-state index in [0.717, 1.165) is 63.1 Å². The van der Waals surface area contributed by atoms with Crippen LogP contribution in [0.2, 0.25) is 0 Å². The van der Waals surface area contributed by atoms with Crippen LogP contribution in [-0.2, 0) is 6.42 Å². The lowest BCUT2D eigenvalue weighted by molar-refractivity contribution is 0.578. The Morgan fingerprint density at radius 1 is 1.32 bits per heavy atom. The highest BCUT2D eigenvalue weighted by Crippen LogP contribution is 2.36. The van der Waals surface area contributed by atoms with Crippen molar-refractivity contribution in [2.45, 2.75) is 24.7 Å². The molecule has 0 bridgehead atoms. The van der Waals surface area contributed by atoms with Crippen molar-refractivity contribution in [3.05, 3.63) is 5.69 Å². The average molecular weight is 279 g/mol. The summed E-state index contributed by atoms with van der Waals surface area (Å²) >= 11 is 1.88. The van der Waals surface area contributed by atoms with E-state index >= 15 is 0 Å². The lowest BCUT2D eigenvalue weighted by Crippen LogP contribution is -2.44. The molecular formula is C13H21N5S. The van der Waals surface area contributed by atoms with Crippen LogP contribution in [0.4, 0.5) is 11.8 Å². The van der Waals surface area contributed by atoms with Crippen LogP contribution in [0.5, 0.6) is 0 Å². The monoisotopic (exact) mass is 279 g/mol. The van der Waals surface area contributed by atoms with E-state index in [1.54, 1.807) is 0 Å². The van der Waals surface area contributed by atoms with Gasteiger partial charge in [0, 0.05) is 44.9 Å². The normalized spacial score (nSPS) is 18.5. The van der Waals surface area contributed by atoms with Gasteiger partial charge in [-0.25, -0.2) is 4.98 Å². The number of thioether (sulfide) groups is 1. The van der Waals surface area contributed by atoms with Gasteiger partial charge < -0.3 is 15.5 Å². The summed E-state index contributed by atoms with van der Waals surface area (Å²) in [5, 5.41) is 6.83. The highest BCUT2D eigenvalue weighted by molar-refractivity contribution is 7.99. The minimum atomic E-state index is 0.904. The van der Waals surface area contributed by atoms with Gasteiger partial charge in [-0.05, 0) is 6.42 Å². The van der Waals surface area contributed by atoms with E-state index < -0.39 is 0 Å². The Labute approximate surface area is 118 Å². The second-order valence-corrected chi connectivity index (χ2v) is 6.02. The Bertz CT molecular complexity index is 445. The van der Waals surface area contributed by atoms with Crippen LogP contribution < -0.4 is 15.5 Å². The molecule has 0 aromatic carbocycles. The van der Waals surface area contributed by atoms with Gasteiger partial charge in [-0.1, -0.05) is 6.92 Å². The molecule has 2 aliphatic heterocycles. The summed E-state index contributed by atoms with van der Waals surface area (Å²) in [5.74, 6) is 3.08. The fourth-order valence-electron chi connectivity index (χ4n) is 2.42.